The highest BCUT2D eigenvalue weighted by Gasteiger charge is 2.11. The number of thiazole rings is 1. The molecule has 0 aromatic carbocycles. The number of hydrogen-bond acceptors (Lipinski definition) is 7. The zero-order valence-corrected chi connectivity index (χ0v) is 10.4. The lowest BCUT2D eigenvalue weighted by Gasteiger charge is -2.12. The van der Waals surface area contributed by atoms with Crippen LogP contribution < -0.4 is 15.8 Å². The highest BCUT2D eigenvalue weighted by atomic mass is 32.1. The van der Waals surface area contributed by atoms with E-state index in [1.54, 1.807) is 6.20 Å². The molecule has 7 heteroatoms. The van der Waals surface area contributed by atoms with Crippen molar-refractivity contribution in [2.75, 3.05) is 11.1 Å². The summed E-state index contributed by atoms with van der Waals surface area (Å²) in [5.74, 6) is 0.889. The van der Waals surface area contributed by atoms with Gasteiger partial charge in [0.25, 0.3) is 0 Å². The van der Waals surface area contributed by atoms with Crippen LogP contribution in [0.4, 0.5) is 16.6 Å². The minimum absolute atomic E-state index is 0.0138. The second kappa shape index (κ2) is 4.96. The summed E-state index contributed by atoms with van der Waals surface area (Å²) in [4.78, 5) is 12.1. The average Bonchev–Trinajstić information content (AvgIpc) is 2.76. The van der Waals surface area contributed by atoms with Gasteiger partial charge < -0.3 is 15.8 Å². The third-order valence-electron chi connectivity index (χ3n) is 1.85. The fourth-order valence-electron chi connectivity index (χ4n) is 1.18. The Morgan fingerprint density at radius 1 is 1.35 bits per heavy atom. The van der Waals surface area contributed by atoms with Crippen LogP contribution >= 0.6 is 11.3 Å². The summed E-state index contributed by atoms with van der Waals surface area (Å²) in [6.07, 6.45) is 3.12. The second-order valence-corrected chi connectivity index (χ2v) is 4.46. The molecule has 0 aliphatic heterocycles. The van der Waals surface area contributed by atoms with Gasteiger partial charge in [-0.1, -0.05) is 0 Å². The molecule has 0 spiro atoms. The maximum absolute atomic E-state index is 5.91. The van der Waals surface area contributed by atoms with Crippen LogP contribution in [0.15, 0.2) is 17.9 Å². The predicted octanol–water partition coefficient (Wildman–Crippen LogP) is 2.05. The zero-order chi connectivity index (χ0) is 12.3. The summed E-state index contributed by atoms with van der Waals surface area (Å²) in [5.41, 5.74) is 6.30. The van der Waals surface area contributed by atoms with Crippen molar-refractivity contribution in [1.29, 1.82) is 0 Å². The van der Waals surface area contributed by atoms with E-state index < -0.39 is 0 Å². The van der Waals surface area contributed by atoms with Crippen LogP contribution in [0.1, 0.15) is 13.8 Å². The summed E-state index contributed by atoms with van der Waals surface area (Å²) in [6.45, 7) is 3.82. The van der Waals surface area contributed by atoms with Crippen molar-refractivity contribution in [3.05, 3.63) is 17.9 Å². The molecule has 2 aromatic heterocycles. The zero-order valence-electron chi connectivity index (χ0n) is 9.54. The number of nitrogens with two attached hydrogens (primary N) is 1. The Kier molecular flexibility index (Phi) is 3.38. The lowest BCUT2D eigenvalue weighted by molar-refractivity contribution is 0.234. The van der Waals surface area contributed by atoms with Crippen molar-refractivity contribution < 1.29 is 4.74 Å². The number of nitrogens with one attached hydrogen (secondary N) is 1. The molecule has 0 unspecified atom stereocenters. The SMILES string of the molecule is CC(C)Oc1ncnc(Nc2nccs2)c1N. The third kappa shape index (κ3) is 2.82. The van der Waals surface area contributed by atoms with E-state index in [0.717, 1.165) is 5.13 Å². The first-order valence-corrected chi connectivity index (χ1v) is 5.98. The van der Waals surface area contributed by atoms with E-state index >= 15 is 0 Å². The number of nitrogens with zero attached hydrogens (tertiary/aromatic N) is 3. The summed E-state index contributed by atoms with van der Waals surface area (Å²) >= 11 is 1.47. The molecule has 2 rings (SSSR count). The first-order valence-electron chi connectivity index (χ1n) is 5.10. The Bertz CT molecular complexity index is 485. The Labute approximate surface area is 103 Å². The molecular formula is C10H13N5OS. The molecule has 0 saturated heterocycles. The number of nitrogen functional groups attached to an aromatic ring is 1. The fourth-order valence-corrected chi connectivity index (χ4v) is 1.71. The van der Waals surface area contributed by atoms with Gasteiger partial charge in [-0.05, 0) is 13.8 Å². The highest BCUT2D eigenvalue weighted by molar-refractivity contribution is 7.13. The Hall–Kier alpha value is -1.89. The largest absolute Gasteiger partial charge is 0.473 e. The van der Waals surface area contributed by atoms with E-state index in [2.05, 4.69) is 20.3 Å². The van der Waals surface area contributed by atoms with Gasteiger partial charge in [-0.3, -0.25) is 0 Å². The van der Waals surface area contributed by atoms with Crippen LogP contribution in [0.25, 0.3) is 0 Å². The third-order valence-corrected chi connectivity index (χ3v) is 2.54. The lowest BCUT2D eigenvalue weighted by atomic mass is 10.4. The van der Waals surface area contributed by atoms with Gasteiger partial charge in [0.15, 0.2) is 10.9 Å². The van der Waals surface area contributed by atoms with Crippen molar-refractivity contribution >= 4 is 28.0 Å². The van der Waals surface area contributed by atoms with Crippen molar-refractivity contribution in [2.45, 2.75) is 20.0 Å². The molecule has 0 amide bonds. The number of hydrogen-bond donors (Lipinski definition) is 2. The number of rotatable bonds is 4. The smallest absolute Gasteiger partial charge is 0.242 e. The summed E-state index contributed by atoms with van der Waals surface area (Å²) in [6, 6.07) is 0. The minimum Gasteiger partial charge on any atom is -0.473 e. The highest BCUT2D eigenvalue weighted by Crippen LogP contribution is 2.28. The van der Waals surface area contributed by atoms with E-state index in [4.69, 9.17) is 10.5 Å². The topological polar surface area (TPSA) is 86.0 Å². The molecular weight excluding hydrogens is 238 g/mol. The van der Waals surface area contributed by atoms with Crippen molar-refractivity contribution in [2.24, 2.45) is 0 Å². The quantitative estimate of drug-likeness (QED) is 0.864. The maximum atomic E-state index is 5.91. The van der Waals surface area contributed by atoms with Crippen LogP contribution in [0.2, 0.25) is 0 Å². The molecule has 0 radical (unpaired) electrons. The lowest BCUT2D eigenvalue weighted by Crippen LogP contribution is -2.10. The van der Waals surface area contributed by atoms with Gasteiger partial charge in [-0.15, -0.1) is 11.3 Å². The normalized spacial score (nSPS) is 10.5. The van der Waals surface area contributed by atoms with Crippen LogP contribution in [-0.2, 0) is 0 Å². The van der Waals surface area contributed by atoms with Crippen LogP contribution in [-0.4, -0.2) is 21.1 Å². The Balaban J connectivity index is 2.23. The molecule has 0 saturated carbocycles. The van der Waals surface area contributed by atoms with Gasteiger partial charge in [0.1, 0.15) is 12.0 Å². The van der Waals surface area contributed by atoms with Gasteiger partial charge >= 0.3 is 0 Å². The first kappa shape index (κ1) is 11.6. The molecule has 17 heavy (non-hydrogen) atoms. The minimum atomic E-state index is 0.0138. The van der Waals surface area contributed by atoms with Gasteiger partial charge in [-0.25, -0.2) is 9.97 Å². The van der Waals surface area contributed by atoms with Gasteiger partial charge in [0.2, 0.25) is 5.88 Å². The molecule has 0 atom stereocenters. The van der Waals surface area contributed by atoms with E-state index in [9.17, 15) is 0 Å². The van der Waals surface area contributed by atoms with Gasteiger partial charge in [-0.2, -0.15) is 4.98 Å². The van der Waals surface area contributed by atoms with Crippen LogP contribution in [0.5, 0.6) is 5.88 Å². The van der Waals surface area contributed by atoms with E-state index in [0.29, 0.717) is 17.4 Å². The summed E-state index contributed by atoms with van der Waals surface area (Å²) < 4.78 is 5.47. The molecule has 2 heterocycles. The molecule has 3 N–H and O–H groups in total. The maximum Gasteiger partial charge on any atom is 0.242 e. The van der Waals surface area contributed by atoms with Gasteiger partial charge in [0.05, 0.1) is 6.10 Å². The molecule has 0 bridgehead atoms. The van der Waals surface area contributed by atoms with Crippen LogP contribution in [0, 0.1) is 0 Å². The monoisotopic (exact) mass is 251 g/mol. The molecule has 90 valence electrons. The Morgan fingerprint density at radius 2 is 2.18 bits per heavy atom. The van der Waals surface area contributed by atoms with E-state index in [1.807, 2.05) is 19.2 Å². The molecule has 2 aromatic rings. The first-order chi connectivity index (χ1) is 8.16. The molecule has 0 aliphatic rings. The number of anilines is 3. The summed E-state index contributed by atoms with van der Waals surface area (Å²) in [5, 5.41) is 5.61. The van der Waals surface area contributed by atoms with Crippen LogP contribution in [0.3, 0.4) is 0 Å². The van der Waals surface area contributed by atoms with Crippen molar-refractivity contribution in [3.8, 4) is 5.88 Å². The molecule has 0 aliphatic carbocycles. The molecule has 0 fully saturated rings. The standard InChI is InChI=1S/C10H13N5OS/c1-6(2)16-9-7(11)8(13-5-14-9)15-10-12-3-4-17-10/h3-6H,11H2,1-2H3,(H,12,13,14,15). The average molecular weight is 251 g/mol. The molecule has 6 nitrogen and oxygen atoms in total. The van der Waals surface area contributed by atoms with E-state index in [1.165, 1.54) is 17.7 Å². The summed E-state index contributed by atoms with van der Waals surface area (Å²) in [7, 11) is 0. The second-order valence-electron chi connectivity index (χ2n) is 3.57. The van der Waals surface area contributed by atoms with Crippen molar-refractivity contribution in [1.82, 2.24) is 15.0 Å². The van der Waals surface area contributed by atoms with Crippen molar-refractivity contribution in [3.63, 3.8) is 0 Å². The number of aromatic nitrogens is 3. The predicted molar refractivity (Wildman–Crippen MR) is 67.6 cm³/mol. The number of ether oxygens (including phenoxy) is 1. The Morgan fingerprint density at radius 3 is 2.82 bits per heavy atom. The van der Waals surface area contributed by atoms with E-state index in [-0.39, 0.29) is 6.10 Å². The fraction of sp³-hybridized carbons (Fsp3) is 0.300. The van der Waals surface area contributed by atoms with Gasteiger partial charge in [0, 0.05) is 11.6 Å².